The van der Waals surface area contributed by atoms with Gasteiger partial charge >= 0.3 is 0 Å². The van der Waals surface area contributed by atoms with Crippen LogP contribution in [-0.2, 0) is 11.2 Å². The minimum Gasteiger partial charge on any atom is -0.488 e. The van der Waals surface area contributed by atoms with Crippen molar-refractivity contribution in [1.29, 1.82) is 0 Å². The average Bonchev–Trinajstić information content (AvgIpc) is 2.39. The highest BCUT2D eigenvalue weighted by atomic mass is 19.2. The summed E-state index contributed by atoms with van der Waals surface area (Å²) in [4.78, 5) is 10.7. The molecule has 0 radical (unpaired) electrons. The van der Waals surface area contributed by atoms with E-state index in [1.807, 2.05) is 0 Å². The largest absolute Gasteiger partial charge is 0.488 e. The predicted molar refractivity (Wildman–Crippen MR) is 70.5 cm³/mol. The monoisotopic (exact) mass is 287 g/mol. The molecule has 2 N–H and O–H groups in total. The van der Waals surface area contributed by atoms with Gasteiger partial charge in [-0.1, -0.05) is 0 Å². The number of halogens is 2. The number of carbonyl (C=O) groups excluding carboxylic acids is 1. The van der Waals surface area contributed by atoms with Gasteiger partial charge in [-0.2, -0.15) is 0 Å². The number of aliphatic hydroxyl groups is 1. The highest BCUT2D eigenvalue weighted by molar-refractivity contribution is 5.72. The molecule has 1 aromatic rings. The van der Waals surface area contributed by atoms with E-state index in [0.29, 0.717) is 24.9 Å². The van der Waals surface area contributed by atoms with Crippen LogP contribution in [-0.4, -0.2) is 30.3 Å². The molecule has 1 aromatic carbocycles. The number of carbonyl (C=O) groups is 1. The lowest BCUT2D eigenvalue weighted by molar-refractivity contribution is -0.118. The fourth-order valence-electron chi connectivity index (χ4n) is 1.67. The zero-order chi connectivity index (χ0) is 15.1. The van der Waals surface area contributed by atoms with E-state index in [1.54, 1.807) is 6.92 Å². The van der Waals surface area contributed by atoms with Crippen LogP contribution in [0.25, 0.3) is 0 Å². The third kappa shape index (κ3) is 5.13. The number of hydrogen-bond donors (Lipinski definition) is 2. The molecule has 20 heavy (non-hydrogen) atoms. The summed E-state index contributed by atoms with van der Waals surface area (Å²) in [5, 5.41) is 11.6. The van der Waals surface area contributed by atoms with Crippen LogP contribution in [0.15, 0.2) is 12.1 Å². The maximum absolute atomic E-state index is 13.3. The fraction of sp³-hybridized carbons (Fsp3) is 0.500. The van der Waals surface area contributed by atoms with Crippen LogP contribution in [0.1, 0.15) is 25.8 Å². The molecule has 1 rings (SSSR count). The maximum atomic E-state index is 13.3. The predicted octanol–water partition coefficient (Wildman–Crippen LogP) is 1.79. The van der Waals surface area contributed by atoms with Crippen LogP contribution in [0, 0.1) is 11.6 Å². The van der Waals surface area contributed by atoms with E-state index in [0.717, 1.165) is 12.1 Å². The first-order valence-electron chi connectivity index (χ1n) is 6.44. The lowest BCUT2D eigenvalue weighted by Gasteiger charge is -2.16. The standard InChI is InChI=1S/C14H19F2NO3/c1-9(8-18)20-14-7-13(16)12(15)6-11(14)4-3-5-17-10(2)19/h6-7,9,18H,3-5,8H2,1-2H3,(H,17,19). The van der Waals surface area contributed by atoms with Crippen LogP contribution < -0.4 is 10.1 Å². The molecule has 4 nitrogen and oxygen atoms in total. The normalized spacial score (nSPS) is 12.1. The van der Waals surface area contributed by atoms with Gasteiger partial charge in [-0.05, 0) is 31.4 Å². The maximum Gasteiger partial charge on any atom is 0.216 e. The topological polar surface area (TPSA) is 58.6 Å². The second-order valence-electron chi connectivity index (χ2n) is 4.57. The van der Waals surface area contributed by atoms with Gasteiger partial charge in [0, 0.05) is 19.5 Å². The quantitative estimate of drug-likeness (QED) is 0.752. The molecule has 1 unspecified atom stereocenters. The molecule has 0 bridgehead atoms. The fourth-order valence-corrected chi connectivity index (χ4v) is 1.67. The van der Waals surface area contributed by atoms with Crippen LogP contribution >= 0.6 is 0 Å². The van der Waals surface area contributed by atoms with Crippen molar-refractivity contribution in [3.8, 4) is 5.75 Å². The first-order valence-corrected chi connectivity index (χ1v) is 6.44. The molecule has 0 aliphatic carbocycles. The van der Waals surface area contributed by atoms with Crippen LogP contribution in [0.3, 0.4) is 0 Å². The van der Waals surface area contributed by atoms with E-state index in [1.165, 1.54) is 6.92 Å². The molecule has 112 valence electrons. The van der Waals surface area contributed by atoms with E-state index in [9.17, 15) is 13.6 Å². The van der Waals surface area contributed by atoms with Crippen molar-refractivity contribution in [2.45, 2.75) is 32.8 Å². The number of benzene rings is 1. The van der Waals surface area contributed by atoms with Crippen molar-refractivity contribution in [2.24, 2.45) is 0 Å². The Hall–Kier alpha value is -1.69. The van der Waals surface area contributed by atoms with Crippen LogP contribution in [0.5, 0.6) is 5.75 Å². The second kappa shape index (κ2) is 7.79. The van der Waals surface area contributed by atoms with Gasteiger partial charge in [0.1, 0.15) is 11.9 Å². The molecule has 6 heteroatoms. The Balaban J connectivity index is 2.75. The summed E-state index contributed by atoms with van der Waals surface area (Å²) in [7, 11) is 0. The summed E-state index contributed by atoms with van der Waals surface area (Å²) >= 11 is 0. The van der Waals surface area contributed by atoms with E-state index >= 15 is 0 Å². The highest BCUT2D eigenvalue weighted by Gasteiger charge is 2.13. The molecule has 0 heterocycles. The first-order chi connectivity index (χ1) is 9.43. The summed E-state index contributed by atoms with van der Waals surface area (Å²) < 4.78 is 31.9. The molecular weight excluding hydrogens is 268 g/mol. The van der Waals surface area contributed by atoms with Gasteiger partial charge in [0.15, 0.2) is 11.6 Å². The summed E-state index contributed by atoms with van der Waals surface area (Å²) in [6, 6.07) is 2.07. The summed E-state index contributed by atoms with van der Waals surface area (Å²) in [6.45, 7) is 3.27. The lowest BCUT2D eigenvalue weighted by Crippen LogP contribution is -2.21. The molecule has 0 saturated carbocycles. The zero-order valence-electron chi connectivity index (χ0n) is 11.6. The highest BCUT2D eigenvalue weighted by Crippen LogP contribution is 2.24. The van der Waals surface area contributed by atoms with E-state index in [-0.39, 0.29) is 18.3 Å². The van der Waals surface area contributed by atoms with E-state index < -0.39 is 17.7 Å². The van der Waals surface area contributed by atoms with Gasteiger partial charge in [-0.25, -0.2) is 8.78 Å². The molecule has 0 saturated heterocycles. The Morgan fingerprint density at radius 2 is 2.05 bits per heavy atom. The molecule has 0 aromatic heterocycles. The Morgan fingerprint density at radius 3 is 2.65 bits per heavy atom. The van der Waals surface area contributed by atoms with Gasteiger partial charge in [-0.3, -0.25) is 4.79 Å². The second-order valence-corrected chi connectivity index (χ2v) is 4.57. The summed E-state index contributed by atoms with van der Waals surface area (Å²) in [5.74, 6) is -1.85. The lowest BCUT2D eigenvalue weighted by atomic mass is 10.1. The van der Waals surface area contributed by atoms with Crippen molar-refractivity contribution >= 4 is 5.91 Å². The number of hydrogen-bond acceptors (Lipinski definition) is 3. The van der Waals surface area contributed by atoms with Gasteiger partial charge in [0.05, 0.1) is 6.61 Å². The third-order valence-electron chi connectivity index (χ3n) is 2.69. The van der Waals surface area contributed by atoms with Gasteiger partial charge < -0.3 is 15.2 Å². The third-order valence-corrected chi connectivity index (χ3v) is 2.69. The average molecular weight is 287 g/mol. The number of amides is 1. The Bertz CT molecular complexity index is 466. The molecular formula is C14H19F2NO3. The van der Waals surface area contributed by atoms with Crippen molar-refractivity contribution in [1.82, 2.24) is 5.32 Å². The Kier molecular flexibility index (Phi) is 6.38. The first kappa shape index (κ1) is 16.4. The Morgan fingerprint density at radius 1 is 1.40 bits per heavy atom. The summed E-state index contributed by atoms with van der Waals surface area (Å²) in [5.41, 5.74) is 0.509. The molecule has 1 amide bonds. The van der Waals surface area contributed by atoms with Gasteiger partial charge in [-0.15, -0.1) is 0 Å². The minimum absolute atomic E-state index is 0.138. The smallest absolute Gasteiger partial charge is 0.216 e. The SMILES string of the molecule is CC(=O)NCCCc1cc(F)c(F)cc1OC(C)CO. The van der Waals surface area contributed by atoms with E-state index in [4.69, 9.17) is 9.84 Å². The zero-order valence-corrected chi connectivity index (χ0v) is 11.6. The Labute approximate surface area is 116 Å². The number of nitrogens with one attached hydrogen (secondary N) is 1. The minimum atomic E-state index is -0.990. The number of rotatable bonds is 7. The molecule has 0 fully saturated rings. The van der Waals surface area contributed by atoms with Crippen molar-refractivity contribution in [3.05, 3.63) is 29.3 Å². The number of aryl methyl sites for hydroxylation is 1. The number of ether oxygens (including phenoxy) is 1. The van der Waals surface area contributed by atoms with Crippen molar-refractivity contribution in [2.75, 3.05) is 13.2 Å². The van der Waals surface area contributed by atoms with Crippen LogP contribution in [0.4, 0.5) is 8.78 Å². The van der Waals surface area contributed by atoms with E-state index in [2.05, 4.69) is 5.32 Å². The molecule has 1 atom stereocenters. The number of aliphatic hydroxyl groups excluding tert-OH is 1. The summed E-state index contributed by atoms with van der Waals surface area (Å²) in [6.07, 6.45) is 0.508. The molecule has 0 aliphatic heterocycles. The van der Waals surface area contributed by atoms with Crippen molar-refractivity contribution in [3.63, 3.8) is 0 Å². The van der Waals surface area contributed by atoms with Gasteiger partial charge in [0.2, 0.25) is 5.91 Å². The molecule has 0 aliphatic rings. The van der Waals surface area contributed by atoms with Gasteiger partial charge in [0.25, 0.3) is 0 Å². The van der Waals surface area contributed by atoms with Crippen molar-refractivity contribution < 1.29 is 23.4 Å². The molecule has 0 spiro atoms. The van der Waals surface area contributed by atoms with Crippen LogP contribution in [0.2, 0.25) is 0 Å².